The summed E-state index contributed by atoms with van der Waals surface area (Å²) in [4.78, 5) is 10.1. The Kier molecular flexibility index (Phi) is 5.48. The summed E-state index contributed by atoms with van der Waals surface area (Å²) in [6.07, 6.45) is 0. The highest BCUT2D eigenvalue weighted by molar-refractivity contribution is 5.85. The Labute approximate surface area is 121 Å². The first-order chi connectivity index (χ1) is 9.06. The van der Waals surface area contributed by atoms with Crippen LogP contribution in [0.2, 0.25) is 0 Å². The lowest BCUT2D eigenvalue weighted by molar-refractivity contribution is -0.384. The van der Waals surface area contributed by atoms with E-state index in [1.807, 2.05) is 0 Å². The molecule has 2 aromatic rings. The van der Waals surface area contributed by atoms with E-state index in [1.54, 1.807) is 13.0 Å². The summed E-state index contributed by atoms with van der Waals surface area (Å²) in [6.45, 7) is 2.56. The number of non-ortho nitro benzene ring substituents is 1. The number of hydrogen-bond donors (Lipinski definition) is 2. The molecule has 0 aliphatic carbocycles. The molecule has 0 amide bonds. The molecule has 0 fully saturated rings. The molecule has 0 radical (unpaired) electrons. The second-order valence-electron chi connectivity index (χ2n) is 4.10. The van der Waals surface area contributed by atoms with Gasteiger partial charge in [-0.1, -0.05) is 5.16 Å². The highest BCUT2D eigenvalue weighted by atomic mass is 35.5. The molecule has 2 rings (SSSR count). The first-order valence-corrected chi connectivity index (χ1v) is 5.65. The Morgan fingerprint density at radius 2 is 2.15 bits per heavy atom. The van der Waals surface area contributed by atoms with Crippen LogP contribution in [0.5, 0.6) is 5.75 Å². The maximum atomic E-state index is 10.6. The van der Waals surface area contributed by atoms with Crippen LogP contribution in [0.4, 0.5) is 5.69 Å². The number of hydrogen-bond acceptors (Lipinski definition) is 6. The number of aryl methyl sites for hydroxylation is 1. The number of benzene rings is 1. The molecule has 2 N–H and O–H groups in total. The topological polar surface area (TPSA) is 101 Å². The maximum absolute atomic E-state index is 10.6. The van der Waals surface area contributed by atoms with Crippen molar-refractivity contribution in [2.24, 2.45) is 0 Å². The van der Waals surface area contributed by atoms with Crippen LogP contribution in [-0.4, -0.2) is 15.2 Å². The fourth-order valence-corrected chi connectivity index (χ4v) is 1.65. The van der Waals surface area contributed by atoms with Gasteiger partial charge in [0.05, 0.1) is 10.6 Å². The predicted molar refractivity (Wildman–Crippen MR) is 73.8 cm³/mol. The third-order valence-electron chi connectivity index (χ3n) is 2.57. The highest BCUT2D eigenvalue weighted by Crippen LogP contribution is 2.22. The number of phenolic OH excluding ortho intramolecular Hbond substituents is 1. The zero-order valence-corrected chi connectivity index (χ0v) is 11.5. The fraction of sp³-hybridized carbons (Fsp3) is 0.250. The Morgan fingerprint density at radius 1 is 1.40 bits per heavy atom. The van der Waals surface area contributed by atoms with Gasteiger partial charge >= 0.3 is 0 Å². The van der Waals surface area contributed by atoms with Crippen molar-refractivity contribution >= 4 is 18.1 Å². The quantitative estimate of drug-likeness (QED) is 0.649. The lowest BCUT2D eigenvalue weighted by Crippen LogP contribution is -2.13. The Hall–Kier alpha value is -2.12. The molecule has 1 aromatic heterocycles. The minimum absolute atomic E-state index is 0. The van der Waals surface area contributed by atoms with Crippen molar-refractivity contribution in [3.63, 3.8) is 0 Å². The summed E-state index contributed by atoms with van der Waals surface area (Å²) >= 11 is 0. The van der Waals surface area contributed by atoms with Crippen LogP contribution in [0.3, 0.4) is 0 Å². The molecule has 20 heavy (non-hydrogen) atoms. The van der Waals surface area contributed by atoms with Crippen molar-refractivity contribution in [3.8, 4) is 5.75 Å². The number of rotatable bonds is 5. The van der Waals surface area contributed by atoms with Gasteiger partial charge in [-0.25, -0.2) is 0 Å². The molecule has 0 bridgehead atoms. The van der Waals surface area contributed by atoms with Crippen molar-refractivity contribution in [1.82, 2.24) is 10.5 Å². The zero-order chi connectivity index (χ0) is 13.8. The number of aromatic hydroxyl groups is 1. The number of nitro benzene ring substituents is 1. The van der Waals surface area contributed by atoms with Gasteiger partial charge in [0.1, 0.15) is 11.5 Å². The molecule has 7 nitrogen and oxygen atoms in total. The molecular formula is C12H14ClN3O4. The van der Waals surface area contributed by atoms with Crippen LogP contribution in [-0.2, 0) is 13.1 Å². The summed E-state index contributed by atoms with van der Waals surface area (Å²) in [5, 5.41) is 27.1. The van der Waals surface area contributed by atoms with Crippen LogP contribution in [0.15, 0.2) is 28.8 Å². The molecule has 0 saturated heterocycles. The number of phenols is 1. The number of nitrogens with one attached hydrogen (secondary N) is 1. The molecule has 0 spiro atoms. The van der Waals surface area contributed by atoms with Gasteiger partial charge in [0, 0.05) is 36.9 Å². The van der Waals surface area contributed by atoms with Crippen LogP contribution in [0.25, 0.3) is 0 Å². The predicted octanol–water partition coefficient (Wildman–Crippen LogP) is 2.31. The van der Waals surface area contributed by atoms with Gasteiger partial charge in [-0.3, -0.25) is 10.1 Å². The third kappa shape index (κ3) is 3.94. The normalized spacial score (nSPS) is 10.1. The van der Waals surface area contributed by atoms with Gasteiger partial charge in [0.25, 0.3) is 5.69 Å². The Morgan fingerprint density at radius 3 is 2.75 bits per heavy atom. The van der Waals surface area contributed by atoms with Gasteiger partial charge in [-0.15, -0.1) is 12.4 Å². The first-order valence-electron chi connectivity index (χ1n) is 5.65. The average Bonchev–Trinajstić information content (AvgIpc) is 2.77. The van der Waals surface area contributed by atoms with Crippen molar-refractivity contribution < 1.29 is 14.6 Å². The summed E-state index contributed by atoms with van der Waals surface area (Å²) in [6, 6.07) is 5.71. The van der Waals surface area contributed by atoms with E-state index in [1.165, 1.54) is 18.2 Å². The Bertz CT molecular complexity index is 600. The number of halogens is 1. The zero-order valence-electron chi connectivity index (χ0n) is 10.7. The molecule has 0 atom stereocenters. The summed E-state index contributed by atoms with van der Waals surface area (Å²) in [5.41, 5.74) is 1.16. The minimum atomic E-state index is -0.496. The third-order valence-corrected chi connectivity index (χ3v) is 2.57. The van der Waals surface area contributed by atoms with Crippen molar-refractivity contribution in [2.45, 2.75) is 20.0 Å². The molecule has 8 heteroatoms. The van der Waals surface area contributed by atoms with Crippen molar-refractivity contribution in [2.75, 3.05) is 0 Å². The van der Waals surface area contributed by atoms with E-state index >= 15 is 0 Å². The van der Waals surface area contributed by atoms with E-state index in [2.05, 4.69) is 10.5 Å². The maximum Gasteiger partial charge on any atom is 0.270 e. The van der Waals surface area contributed by atoms with Crippen LogP contribution >= 0.6 is 12.4 Å². The van der Waals surface area contributed by atoms with Crippen molar-refractivity contribution in [3.05, 3.63) is 51.4 Å². The monoisotopic (exact) mass is 299 g/mol. The van der Waals surface area contributed by atoms with Gasteiger partial charge in [0.15, 0.2) is 0 Å². The summed E-state index contributed by atoms with van der Waals surface area (Å²) < 4.78 is 4.91. The largest absolute Gasteiger partial charge is 0.508 e. The number of aromatic nitrogens is 1. The summed E-state index contributed by atoms with van der Waals surface area (Å²) in [7, 11) is 0. The number of nitro groups is 1. The van der Waals surface area contributed by atoms with E-state index in [4.69, 9.17) is 4.52 Å². The smallest absolute Gasteiger partial charge is 0.270 e. The second kappa shape index (κ2) is 6.88. The fourth-order valence-electron chi connectivity index (χ4n) is 1.65. The van der Waals surface area contributed by atoms with Crippen molar-refractivity contribution in [1.29, 1.82) is 0 Å². The average molecular weight is 300 g/mol. The van der Waals surface area contributed by atoms with E-state index in [0.29, 0.717) is 18.7 Å². The molecule has 108 valence electrons. The van der Waals surface area contributed by atoms with Crippen LogP contribution in [0, 0.1) is 17.0 Å². The van der Waals surface area contributed by atoms with Crippen LogP contribution in [0.1, 0.15) is 17.0 Å². The van der Waals surface area contributed by atoms with Gasteiger partial charge in [-0.05, 0) is 13.0 Å². The van der Waals surface area contributed by atoms with Crippen LogP contribution < -0.4 is 5.32 Å². The van der Waals surface area contributed by atoms with E-state index in [-0.39, 0.29) is 23.8 Å². The first kappa shape index (κ1) is 15.9. The second-order valence-corrected chi connectivity index (χ2v) is 4.10. The van der Waals surface area contributed by atoms with Gasteiger partial charge < -0.3 is 14.9 Å². The summed E-state index contributed by atoms with van der Waals surface area (Å²) in [5.74, 6) is 0.740. The lowest BCUT2D eigenvalue weighted by atomic mass is 10.1. The van der Waals surface area contributed by atoms with E-state index in [9.17, 15) is 15.2 Å². The van der Waals surface area contributed by atoms with Gasteiger partial charge in [-0.2, -0.15) is 0 Å². The van der Waals surface area contributed by atoms with E-state index in [0.717, 1.165) is 11.5 Å². The molecule has 0 unspecified atom stereocenters. The molecule has 0 saturated carbocycles. The SMILES string of the molecule is Cc1cc(CNCc2cc([N+](=O)[O-])ccc2O)no1.Cl. The standard InChI is InChI=1S/C12H13N3O4.ClH/c1-8-4-10(14-19-8)7-13-6-9-5-11(15(17)18)2-3-12(9)16;/h2-5,13,16H,6-7H2,1H3;1H. The molecule has 1 heterocycles. The molecule has 0 aliphatic rings. The molecular weight excluding hydrogens is 286 g/mol. The lowest BCUT2D eigenvalue weighted by Gasteiger charge is -2.05. The number of nitrogens with zero attached hydrogens (tertiary/aromatic N) is 2. The molecule has 0 aliphatic heterocycles. The molecule has 1 aromatic carbocycles. The minimum Gasteiger partial charge on any atom is -0.508 e. The Balaban J connectivity index is 0.00000200. The van der Waals surface area contributed by atoms with Gasteiger partial charge in [0.2, 0.25) is 0 Å². The van der Waals surface area contributed by atoms with E-state index < -0.39 is 4.92 Å². The highest BCUT2D eigenvalue weighted by Gasteiger charge is 2.10.